The molecule has 1 N–H and O–H groups in total. The zero-order valence-electron chi connectivity index (χ0n) is 11.3. The van der Waals surface area contributed by atoms with Gasteiger partial charge in [0.15, 0.2) is 0 Å². The molecule has 0 spiro atoms. The summed E-state index contributed by atoms with van der Waals surface area (Å²) in [6.45, 7) is 2.05. The minimum absolute atomic E-state index is 0.117. The van der Waals surface area contributed by atoms with Crippen LogP contribution in [0.2, 0.25) is 0 Å². The van der Waals surface area contributed by atoms with Gasteiger partial charge in [-0.2, -0.15) is 0 Å². The fourth-order valence-corrected chi connectivity index (χ4v) is 2.65. The van der Waals surface area contributed by atoms with E-state index in [2.05, 4.69) is 13.0 Å². The number of hydrogen-bond donors (Lipinski definition) is 1. The Morgan fingerprint density at radius 1 is 1.37 bits per heavy atom. The van der Waals surface area contributed by atoms with Gasteiger partial charge < -0.3 is 9.84 Å². The first kappa shape index (κ1) is 12.5. The molecule has 1 aromatic carbocycles. The van der Waals surface area contributed by atoms with Gasteiger partial charge in [-0.1, -0.05) is 17.7 Å². The minimum atomic E-state index is -0.712. The molecule has 0 radical (unpaired) electrons. The number of carbonyl (C=O) groups is 1. The van der Waals surface area contributed by atoms with Crippen LogP contribution in [0.25, 0.3) is 0 Å². The molecule has 0 heterocycles. The Morgan fingerprint density at radius 3 is 2.68 bits per heavy atom. The lowest BCUT2D eigenvalue weighted by molar-refractivity contribution is -0.137. The summed E-state index contributed by atoms with van der Waals surface area (Å²) in [5.74, 6) is 0.840. The van der Waals surface area contributed by atoms with Crippen LogP contribution in [0, 0.1) is 12.8 Å². The van der Waals surface area contributed by atoms with E-state index in [1.165, 1.54) is 5.56 Å². The van der Waals surface area contributed by atoms with E-state index in [0.717, 1.165) is 37.0 Å². The van der Waals surface area contributed by atoms with Gasteiger partial charge in [-0.25, -0.2) is 0 Å². The SMILES string of the molecule is Cc1ccc(OC2CC2)c(C(CC(=O)O)C2CC2)c1. The summed E-state index contributed by atoms with van der Waals surface area (Å²) in [4.78, 5) is 11.1. The van der Waals surface area contributed by atoms with Gasteiger partial charge in [-0.3, -0.25) is 4.79 Å². The highest BCUT2D eigenvalue weighted by Crippen LogP contribution is 2.47. The molecular weight excluding hydrogens is 240 g/mol. The molecule has 0 aromatic heterocycles. The van der Waals surface area contributed by atoms with Crippen molar-refractivity contribution in [3.63, 3.8) is 0 Å². The van der Waals surface area contributed by atoms with Crippen LogP contribution in [-0.4, -0.2) is 17.2 Å². The van der Waals surface area contributed by atoms with E-state index >= 15 is 0 Å². The van der Waals surface area contributed by atoms with Gasteiger partial charge in [0.25, 0.3) is 0 Å². The zero-order valence-corrected chi connectivity index (χ0v) is 11.3. The molecule has 1 atom stereocenters. The van der Waals surface area contributed by atoms with Gasteiger partial charge in [-0.15, -0.1) is 0 Å². The summed E-state index contributed by atoms with van der Waals surface area (Å²) in [6, 6.07) is 6.18. The molecule has 3 rings (SSSR count). The predicted octanol–water partition coefficient (Wildman–Crippen LogP) is 3.50. The number of carboxylic acid groups (broad SMARTS) is 1. The average Bonchev–Trinajstić information content (AvgIpc) is 3.22. The van der Waals surface area contributed by atoms with E-state index in [1.807, 2.05) is 12.1 Å². The van der Waals surface area contributed by atoms with Gasteiger partial charge in [0.05, 0.1) is 12.5 Å². The van der Waals surface area contributed by atoms with E-state index in [9.17, 15) is 4.79 Å². The van der Waals surface area contributed by atoms with Gasteiger partial charge in [0, 0.05) is 5.92 Å². The number of ether oxygens (including phenoxy) is 1. The number of hydrogen-bond acceptors (Lipinski definition) is 2. The highest BCUT2D eigenvalue weighted by Gasteiger charge is 2.36. The number of aliphatic carboxylic acids is 1. The van der Waals surface area contributed by atoms with Crippen LogP contribution in [0.3, 0.4) is 0 Å². The van der Waals surface area contributed by atoms with Crippen molar-refractivity contribution in [3.8, 4) is 5.75 Å². The van der Waals surface area contributed by atoms with Crippen molar-refractivity contribution in [1.82, 2.24) is 0 Å². The molecule has 19 heavy (non-hydrogen) atoms. The zero-order chi connectivity index (χ0) is 13.4. The maximum Gasteiger partial charge on any atom is 0.303 e. The lowest BCUT2D eigenvalue weighted by Gasteiger charge is -2.19. The molecule has 2 saturated carbocycles. The van der Waals surface area contributed by atoms with E-state index in [0.29, 0.717) is 12.0 Å². The van der Waals surface area contributed by atoms with Crippen molar-refractivity contribution in [2.24, 2.45) is 5.92 Å². The van der Waals surface area contributed by atoms with Crippen LogP contribution in [0.1, 0.15) is 49.1 Å². The van der Waals surface area contributed by atoms with Crippen LogP contribution < -0.4 is 4.74 Å². The second kappa shape index (κ2) is 4.87. The van der Waals surface area contributed by atoms with Crippen LogP contribution in [-0.2, 0) is 4.79 Å². The van der Waals surface area contributed by atoms with Crippen LogP contribution in [0.15, 0.2) is 18.2 Å². The average molecular weight is 260 g/mol. The molecule has 2 fully saturated rings. The van der Waals surface area contributed by atoms with Crippen LogP contribution >= 0.6 is 0 Å². The second-order valence-corrected chi connectivity index (χ2v) is 5.90. The molecule has 0 aliphatic heterocycles. The largest absolute Gasteiger partial charge is 0.490 e. The Labute approximate surface area is 113 Å². The molecule has 0 saturated heterocycles. The molecule has 2 aliphatic carbocycles. The smallest absolute Gasteiger partial charge is 0.303 e. The maximum absolute atomic E-state index is 11.1. The quantitative estimate of drug-likeness (QED) is 0.851. The summed E-state index contributed by atoms with van der Waals surface area (Å²) in [6.07, 6.45) is 5.12. The van der Waals surface area contributed by atoms with E-state index in [4.69, 9.17) is 9.84 Å². The number of carboxylic acids is 1. The maximum atomic E-state index is 11.1. The third-order valence-corrected chi connectivity index (χ3v) is 3.97. The first-order valence-electron chi connectivity index (χ1n) is 7.12. The van der Waals surface area contributed by atoms with Gasteiger partial charge in [0.2, 0.25) is 0 Å². The van der Waals surface area contributed by atoms with Crippen molar-refractivity contribution < 1.29 is 14.6 Å². The molecule has 2 aliphatic rings. The molecule has 0 bridgehead atoms. The first-order valence-corrected chi connectivity index (χ1v) is 7.12. The Hall–Kier alpha value is -1.51. The molecule has 3 nitrogen and oxygen atoms in total. The fourth-order valence-electron chi connectivity index (χ4n) is 2.65. The number of aryl methyl sites for hydroxylation is 1. The Morgan fingerprint density at radius 2 is 2.11 bits per heavy atom. The standard InChI is InChI=1S/C16H20O3/c1-10-2-7-15(19-12-5-6-12)14(8-10)13(9-16(17)18)11-3-4-11/h2,7-8,11-13H,3-6,9H2,1H3,(H,17,18). The predicted molar refractivity (Wildman–Crippen MR) is 72.5 cm³/mol. The van der Waals surface area contributed by atoms with E-state index in [-0.39, 0.29) is 12.3 Å². The third-order valence-electron chi connectivity index (χ3n) is 3.97. The van der Waals surface area contributed by atoms with E-state index in [1.54, 1.807) is 0 Å². The lowest BCUT2D eigenvalue weighted by atomic mass is 9.89. The Bertz CT molecular complexity index is 487. The highest BCUT2D eigenvalue weighted by molar-refractivity contribution is 5.68. The summed E-state index contributed by atoms with van der Waals surface area (Å²) in [5.41, 5.74) is 2.28. The Balaban J connectivity index is 1.89. The van der Waals surface area contributed by atoms with Crippen molar-refractivity contribution >= 4 is 5.97 Å². The molecule has 0 amide bonds. The lowest BCUT2D eigenvalue weighted by Crippen LogP contribution is -2.11. The third kappa shape index (κ3) is 3.09. The highest BCUT2D eigenvalue weighted by atomic mass is 16.5. The fraction of sp³-hybridized carbons (Fsp3) is 0.562. The molecule has 1 aromatic rings. The molecule has 1 unspecified atom stereocenters. The summed E-state index contributed by atoms with van der Waals surface area (Å²) in [5, 5.41) is 9.14. The normalized spacial score (nSPS) is 20.1. The summed E-state index contributed by atoms with van der Waals surface area (Å²) in [7, 11) is 0. The van der Waals surface area contributed by atoms with Gasteiger partial charge >= 0.3 is 5.97 Å². The summed E-state index contributed by atoms with van der Waals surface area (Å²) >= 11 is 0. The van der Waals surface area contributed by atoms with Crippen molar-refractivity contribution in [2.45, 2.75) is 51.0 Å². The second-order valence-electron chi connectivity index (χ2n) is 5.90. The van der Waals surface area contributed by atoms with Crippen LogP contribution in [0.5, 0.6) is 5.75 Å². The molecular formula is C16H20O3. The monoisotopic (exact) mass is 260 g/mol. The summed E-state index contributed by atoms with van der Waals surface area (Å²) < 4.78 is 5.96. The van der Waals surface area contributed by atoms with Crippen molar-refractivity contribution in [3.05, 3.63) is 29.3 Å². The molecule has 102 valence electrons. The number of rotatable bonds is 6. The Kier molecular flexibility index (Phi) is 3.21. The van der Waals surface area contributed by atoms with Crippen molar-refractivity contribution in [2.75, 3.05) is 0 Å². The van der Waals surface area contributed by atoms with Gasteiger partial charge in [-0.05, 0) is 50.2 Å². The van der Waals surface area contributed by atoms with Gasteiger partial charge in [0.1, 0.15) is 5.75 Å². The topological polar surface area (TPSA) is 46.5 Å². The minimum Gasteiger partial charge on any atom is -0.490 e. The molecule has 3 heteroatoms. The van der Waals surface area contributed by atoms with Crippen LogP contribution in [0.4, 0.5) is 0 Å². The van der Waals surface area contributed by atoms with Crippen molar-refractivity contribution in [1.29, 1.82) is 0 Å². The number of benzene rings is 1. The van der Waals surface area contributed by atoms with E-state index < -0.39 is 5.97 Å². The first-order chi connectivity index (χ1) is 9.13.